The molecule has 128 valence electrons. The van der Waals surface area contributed by atoms with Crippen LogP contribution < -0.4 is 10.3 Å². The first-order chi connectivity index (χ1) is 12.6. The zero-order valence-electron chi connectivity index (χ0n) is 13.5. The normalized spacial score (nSPS) is 11.0. The Morgan fingerprint density at radius 1 is 1.12 bits per heavy atom. The van der Waals surface area contributed by atoms with Crippen molar-refractivity contribution in [1.82, 2.24) is 14.8 Å². The first kappa shape index (κ1) is 16.2. The van der Waals surface area contributed by atoms with Crippen LogP contribution in [0.4, 0.5) is 0 Å². The van der Waals surface area contributed by atoms with Crippen molar-refractivity contribution in [3.63, 3.8) is 0 Å². The summed E-state index contributed by atoms with van der Waals surface area (Å²) in [6.45, 7) is 0.236. The molecule has 0 spiro atoms. The van der Waals surface area contributed by atoms with E-state index in [9.17, 15) is 10.0 Å². The second-order valence-electron chi connectivity index (χ2n) is 5.79. The minimum atomic E-state index is -0.287. The molecule has 0 radical (unpaired) electrons. The Kier molecular flexibility index (Phi) is 4.10. The summed E-state index contributed by atoms with van der Waals surface area (Å²) in [7, 11) is 0. The van der Waals surface area contributed by atoms with Crippen molar-refractivity contribution in [2.45, 2.75) is 6.54 Å². The van der Waals surface area contributed by atoms with E-state index in [0.29, 0.717) is 26.3 Å². The molecule has 0 unspecified atom stereocenters. The van der Waals surface area contributed by atoms with Gasteiger partial charge in [-0.25, -0.2) is 4.68 Å². The van der Waals surface area contributed by atoms with Crippen LogP contribution in [0.15, 0.2) is 71.9 Å². The molecule has 3 aromatic heterocycles. The number of benzene rings is 1. The second-order valence-corrected chi connectivity index (χ2v) is 6.22. The van der Waals surface area contributed by atoms with Crippen LogP contribution in [0.2, 0.25) is 5.02 Å². The summed E-state index contributed by atoms with van der Waals surface area (Å²) in [5.74, 6) is 0. The van der Waals surface area contributed by atoms with E-state index in [1.54, 1.807) is 36.5 Å². The Balaban J connectivity index is 1.92. The molecular weight excluding hydrogens is 352 g/mol. The molecule has 3 heterocycles. The van der Waals surface area contributed by atoms with E-state index in [2.05, 4.69) is 10.1 Å². The molecule has 7 heteroatoms. The van der Waals surface area contributed by atoms with E-state index >= 15 is 0 Å². The Morgan fingerprint density at radius 2 is 1.92 bits per heavy atom. The molecule has 0 aliphatic rings. The number of pyridine rings is 2. The van der Waals surface area contributed by atoms with E-state index in [4.69, 9.17) is 11.6 Å². The molecule has 0 aliphatic heterocycles. The average molecular weight is 365 g/mol. The zero-order valence-corrected chi connectivity index (χ0v) is 14.3. The quantitative estimate of drug-likeness (QED) is 0.414. The maximum atomic E-state index is 12.8. The van der Waals surface area contributed by atoms with Crippen molar-refractivity contribution in [1.29, 1.82) is 0 Å². The molecule has 1 aromatic carbocycles. The predicted octanol–water partition coefficient (Wildman–Crippen LogP) is 2.79. The lowest BCUT2D eigenvalue weighted by atomic mass is 10.1. The van der Waals surface area contributed by atoms with E-state index in [1.807, 2.05) is 18.2 Å². The monoisotopic (exact) mass is 364 g/mol. The van der Waals surface area contributed by atoms with Crippen LogP contribution >= 0.6 is 11.6 Å². The SMILES string of the molecule is O=c1c2ncccc2c(-c2cccc(Cl)c2)nn1Cc1cc[n+]([O-])cc1. The fraction of sp³-hybridized carbons (Fsp3) is 0.0526. The standard InChI is InChI=1S/C19H13ClN4O2/c20-15-4-1-3-14(11-15)17-16-5-2-8-21-18(16)19(25)24(22-17)12-13-6-9-23(26)10-7-13/h1-11H,12H2. The van der Waals surface area contributed by atoms with Crippen molar-refractivity contribution in [3.05, 3.63) is 93.3 Å². The summed E-state index contributed by atoms with van der Waals surface area (Å²) in [5.41, 5.74) is 2.27. The Bertz CT molecular complexity index is 1160. The molecule has 0 saturated carbocycles. The smallest absolute Gasteiger partial charge is 0.293 e. The molecular formula is C19H13ClN4O2. The van der Waals surface area contributed by atoms with Crippen LogP contribution in [0.1, 0.15) is 5.56 Å². The maximum absolute atomic E-state index is 12.8. The van der Waals surface area contributed by atoms with Crippen LogP contribution in [-0.4, -0.2) is 14.8 Å². The van der Waals surface area contributed by atoms with Crippen LogP contribution in [-0.2, 0) is 6.54 Å². The van der Waals surface area contributed by atoms with Crippen molar-refractivity contribution in [3.8, 4) is 11.3 Å². The highest BCUT2D eigenvalue weighted by atomic mass is 35.5. The molecule has 4 aromatic rings. The summed E-state index contributed by atoms with van der Waals surface area (Å²) < 4.78 is 2.05. The molecule has 0 atom stereocenters. The van der Waals surface area contributed by atoms with Gasteiger partial charge in [0, 0.05) is 34.3 Å². The van der Waals surface area contributed by atoms with Gasteiger partial charge in [-0.3, -0.25) is 9.78 Å². The number of hydrogen-bond acceptors (Lipinski definition) is 4. The largest absolute Gasteiger partial charge is 0.619 e. The third-order valence-electron chi connectivity index (χ3n) is 4.02. The fourth-order valence-electron chi connectivity index (χ4n) is 2.79. The fourth-order valence-corrected chi connectivity index (χ4v) is 2.98. The summed E-state index contributed by atoms with van der Waals surface area (Å²) in [6.07, 6.45) is 4.35. The molecule has 26 heavy (non-hydrogen) atoms. The van der Waals surface area contributed by atoms with E-state index in [0.717, 1.165) is 11.1 Å². The average Bonchev–Trinajstić information content (AvgIpc) is 2.66. The Morgan fingerprint density at radius 3 is 2.69 bits per heavy atom. The third kappa shape index (κ3) is 3.02. The number of hydrogen-bond donors (Lipinski definition) is 0. The van der Waals surface area contributed by atoms with Gasteiger partial charge in [0.15, 0.2) is 12.4 Å². The number of fused-ring (bicyclic) bond motifs is 1. The van der Waals surface area contributed by atoms with Crippen LogP contribution in [0.3, 0.4) is 0 Å². The van der Waals surface area contributed by atoms with Gasteiger partial charge in [0.25, 0.3) is 5.56 Å². The van der Waals surface area contributed by atoms with Gasteiger partial charge in [0.2, 0.25) is 0 Å². The van der Waals surface area contributed by atoms with Crippen molar-refractivity contribution >= 4 is 22.5 Å². The highest BCUT2D eigenvalue weighted by Gasteiger charge is 2.14. The van der Waals surface area contributed by atoms with E-state index in [1.165, 1.54) is 17.1 Å². The minimum Gasteiger partial charge on any atom is -0.619 e. The van der Waals surface area contributed by atoms with Crippen molar-refractivity contribution < 1.29 is 4.73 Å². The summed E-state index contributed by atoms with van der Waals surface area (Å²) in [4.78, 5) is 17.0. The molecule has 0 bridgehead atoms. The maximum Gasteiger partial charge on any atom is 0.293 e. The molecule has 0 N–H and O–H groups in total. The van der Waals surface area contributed by atoms with Gasteiger partial charge >= 0.3 is 0 Å². The summed E-state index contributed by atoms with van der Waals surface area (Å²) >= 11 is 6.12. The number of halogens is 1. The molecule has 6 nitrogen and oxygen atoms in total. The van der Waals surface area contributed by atoms with Gasteiger partial charge in [-0.1, -0.05) is 23.7 Å². The predicted molar refractivity (Wildman–Crippen MR) is 98.7 cm³/mol. The van der Waals surface area contributed by atoms with Crippen molar-refractivity contribution in [2.24, 2.45) is 0 Å². The number of aromatic nitrogens is 4. The van der Waals surface area contributed by atoms with Gasteiger partial charge < -0.3 is 5.21 Å². The van der Waals surface area contributed by atoms with Gasteiger partial charge in [-0.05, 0) is 29.8 Å². The van der Waals surface area contributed by atoms with Gasteiger partial charge in [-0.15, -0.1) is 0 Å². The van der Waals surface area contributed by atoms with Crippen LogP contribution in [0, 0.1) is 5.21 Å². The lowest BCUT2D eigenvalue weighted by Crippen LogP contribution is -2.27. The van der Waals surface area contributed by atoms with Gasteiger partial charge in [0.1, 0.15) is 11.2 Å². The third-order valence-corrected chi connectivity index (χ3v) is 4.26. The van der Waals surface area contributed by atoms with Crippen LogP contribution in [0.25, 0.3) is 22.2 Å². The highest BCUT2D eigenvalue weighted by Crippen LogP contribution is 2.26. The van der Waals surface area contributed by atoms with E-state index < -0.39 is 0 Å². The second kappa shape index (κ2) is 6.57. The molecule has 0 amide bonds. The Labute approximate surface area is 153 Å². The lowest BCUT2D eigenvalue weighted by molar-refractivity contribution is -0.605. The van der Waals surface area contributed by atoms with E-state index in [-0.39, 0.29) is 12.1 Å². The minimum absolute atomic E-state index is 0.236. The van der Waals surface area contributed by atoms with Crippen LogP contribution in [0.5, 0.6) is 0 Å². The molecule has 4 rings (SSSR count). The lowest BCUT2D eigenvalue weighted by Gasteiger charge is -2.11. The van der Waals surface area contributed by atoms with Crippen molar-refractivity contribution in [2.75, 3.05) is 0 Å². The van der Waals surface area contributed by atoms with Gasteiger partial charge in [0.05, 0.1) is 6.54 Å². The zero-order chi connectivity index (χ0) is 18.1. The number of rotatable bonds is 3. The summed E-state index contributed by atoms with van der Waals surface area (Å²) in [6, 6.07) is 14.2. The molecule has 0 saturated heterocycles. The topological polar surface area (TPSA) is 74.7 Å². The first-order valence-electron chi connectivity index (χ1n) is 7.91. The Hall–Kier alpha value is -3.25. The molecule has 0 fully saturated rings. The van der Waals surface area contributed by atoms with Gasteiger partial charge in [-0.2, -0.15) is 9.83 Å². The summed E-state index contributed by atoms with van der Waals surface area (Å²) in [5, 5.41) is 17.0. The first-order valence-corrected chi connectivity index (χ1v) is 8.29. The highest BCUT2D eigenvalue weighted by molar-refractivity contribution is 6.30. The number of nitrogens with zero attached hydrogens (tertiary/aromatic N) is 4. The molecule has 0 aliphatic carbocycles.